The second-order valence-electron chi connectivity index (χ2n) is 3.57. The second-order valence-corrected chi connectivity index (χ2v) is 3.57. The Kier molecular flexibility index (Phi) is 4.66. The van der Waals surface area contributed by atoms with Crippen LogP contribution in [0.5, 0.6) is 5.75 Å². The van der Waals surface area contributed by atoms with Crippen LogP contribution in [0.25, 0.3) is 0 Å². The van der Waals surface area contributed by atoms with Gasteiger partial charge in [0.15, 0.2) is 0 Å². The van der Waals surface area contributed by atoms with E-state index in [9.17, 15) is 26.3 Å². The Morgan fingerprint density at radius 1 is 1.10 bits per heavy atom. The highest BCUT2D eigenvalue weighted by atomic mass is 19.4. The average molecular weight is 314 g/mol. The van der Waals surface area contributed by atoms with Crippen molar-refractivity contribution < 1.29 is 31.1 Å². The molecular weight excluding hydrogens is 306 g/mol. The molecule has 0 spiro atoms. The first-order chi connectivity index (χ1) is 9.49. The number of hydrogen-bond donors (Lipinski definition) is 2. The van der Waals surface area contributed by atoms with E-state index in [4.69, 9.17) is 11.5 Å². The summed E-state index contributed by atoms with van der Waals surface area (Å²) in [6, 6.07) is 1.88. The molecule has 1 aromatic rings. The van der Waals surface area contributed by atoms with Crippen molar-refractivity contribution in [2.45, 2.75) is 12.5 Å². The predicted molar refractivity (Wildman–Crippen MR) is 61.5 cm³/mol. The molecule has 5 nitrogen and oxygen atoms in total. The molecule has 1 aromatic carbocycles. The van der Waals surface area contributed by atoms with Gasteiger partial charge in [0.25, 0.3) is 0 Å². The predicted octanol–water partition coefficient (Wildman–Crippen LogP) is 2.21. The zero-order valence-electron chi connectivity index (χ0n) is 10.0. The molecule has 0 amide bonds. The fourth-order valence-electron chi connectivity index (χ4n) is 1.23. The third-order valence-corrected chi connectivity index (χ3v) is 1.91. The van der Waals surface area contributed by atoms with Crippen LogP contribution in [-0.2, 0) is 6.18 Å². The molecule has 4 N–H and O–H groups in total. The number of benzene rings is 1. The van der Waals surface area contributed by atoms with Crippen LogP contribution in [-0.4, -0.2) is 18.5 Å². The van der Waals surface area contributed by atoms with Gasteiger partial charge in [-0.1, -0.05) is 0 Å². The van der Waals surface area contributed by atoms with Crippen molar-refractivity contribution in [1.29, 1.82) is 0 Å². The quantitative estimate of drug-likeness (QED) is 0.388. The van der Waals surface area contributed by atoms with Gasteiger partial charge in [-0.2, -0.15) is 18.3 Å². The summed E-state index contributed by atoms with van der Waals surface area (Å²) in [7, 11) is 0. The first-order valence-corrected chi connectivity index (χ1v) is 5.08. The van der Waals surface area contributed by atoms with Gasteiger partial charge in [0.2, 0.25) is 5.96 Å². The maximum Gasteiger partial charge on any atom is 0.573 e. The third-order valence-electron chi connectivity index (χ3n) is 1.91. The lowest BCUT2D eigenvalue weighted by Gasteiger charge is -2.15. The van der Waals surface area contributed by atoms with E-state index >= 15 is 0 Å². The monoisotopic (exact) mass is 314 g/mol. The fraction of sp³-hybridized carbons (Fsp3) is 0.200. The number of guanidine groups is 1. The molecular formula is C10H8F6N4O. The zero-order valence-corrected chi connectivity index (χ0v) is 10.0. The number of halogens is 6. The summed E-state index contributed by atoms with van der Waals surface area (Å²) in [5, 5.41) is 6.39. The molecule has 0 saturated carbocycles. The normalized spacial score (nSPS) is 12.5. The molecule has 0 fully saturated rings. The summed E-state index contributed by atoms with van der Waals surface area (Å²) in [5.74, 6) is -1.80. The molecule has 0 saturated heterocycles. The minimum absolute atomic E-state index is 0.165. The minimum atomic E-state index is -5.24. The lowest BCUT2D eigenvalue weighted by Crippen LogP contribution is -2.21. The standard InChI is InChI=1S/C10H8F6N4O/c11-9(12,13)6-3-5(4-19-20-8(17)18)1-2-7(6)21-10(14,15)16/h1-4H,(H4,17,18,20). The molecule has 21 heavy (non-hydrogen) atoms. The summed E-state index contributed by atoms with van der Waals surface area (Å²) < 4.78 is 77.5. The number of nitrogens with two attached hydrogens (primary N) is 2. The summed E-state index contributed by atoms with van der Waals surface area (Å²) in [4.78, 5) is 0. The van der Waals surface area contributed by atoms with E-state index in [2.05, 4.69) is 14.9 Å². The Bertz CT molecular complexity index is 560. The van der Waals surface area contributed by atoms with Crippen molar-refractivity contribution in [3.8, 4) is 5.75 Å². The number of nitrogens with zero attached hydrogens (tertiary/aromatic N) is 2. The van der Waals surface area contributed by atoms with E-state index < -0.39 is 29.8 Å². The van der Waals surface area contributed by atoms with Gasteiger partial charge in [0.05, 0.1) is 11.8 Å². The second kappa shape index (κ2) is 5.89. The highest BCUT2D eigenvalue weighted by Gasteiger charge is 2.39. The van der Waals surface area contributed by atoms with Crippen LogP contribution in [0.15, 0.2) is 28.4 Å². The largest absolute Gasteiger partial charge is 0.573 e. The molecule has 11 heteroatoms. The minimum Gasteiger partial charge on any atom is -0.405 e. The Morgan fingerprint density at radius 2 is 1.71 bits per heavy atom. The highest BCUT2D eigenvalue weighted by molar-refractivity contribution is 5.82. The van der Waals surface area contributed by atoms with Gasteiger partial charge in [0, 0.05) is 0 Å². The zero-order chi connectivity index (χ0) is 16.3. The molecule has 1 rings (SSSR count). The van der Waals surface area contributed by atoms with E-state index in [1.54, 1.807) is 0 Å². The smallest absolute Gasteiger partial charge is 0.405 e. The molecule has 0 radical (unpaired) electrons. The molecule has 0 bridgehead atoms. The van der Waals surface area contributed by atoms with Crippen molar-refractivity contribution in [3.05, 3.63) is 29.3 Å². The maximum atomic E-state index is 12.7. The first-order valence-electron chi connectivity index (χ1n) is 5.08. The number of hydrogen-bond acceptors (Lipinski definition) is 3. The van der Waals surface area contributed by atoms with E-state index in [1.807, 2.05) is 0 Å². The van der Waals surface area contributed by atoms with E-state index in [-0.39, 0.29) is 5.56 Å². The molecule has 0 atom stereocenters. The number of alkyl halides is 6. The number of rotatable bonds is 3. The van der Waals surface area contributed by atoms with Crippen LogP contribution in [0.1, 0.15) is 11.1 Å². The summed E-state index contributed by atoms with van der Waals surface area (Å²) >= 11 is 0. The molecule has 0 aliphatic heterocycles. The fourth-order valence-corrected chi connectivity index (χ4v) is 1.23. The maximum absolute atomic E-state index is 12.7. The van der Waals surface area contributed by atoms with Gasteiger partial charge in [-0.15, -0.1) is 18.3 Å². The van der Waals surface area contributed by atoms with Gasteiger partial charge in [-0.05, 0) is 23.8 Å². The van der Waals surface area contributed by atoms with Crippen LogP contribution < -0.4 is 16.2 Å². The van der Waals surface area contributed by atoms with Crippen LogP contribution in [0.2, 0.25) is 0 Å². The topological polar surface area (TPSA) is 86.0 Å². The molecule has 0 aliphatic carbocycles. The van der Waals surface area contributed by atoms with Crippen molar-refractivity contribution in [1.82, 2.24) is 0 Å². The van der Waals surface area contributed by atoms with Crippen molar-refractivity contribution in [2.24, 2.45) is 21.7 Å². The SMILES string of the molecule is NC(N)=NN=Cc1ccc(OC(F)(F)F)c(C(F)(F)F)c1. The van der Waals surface area contributed by atoms with Crippen molar-refractivity contribution in [3.63, 3.8) is 0 Å². The van der Waals surface area contributed by atoms with Crippen LogP contribution in [0.3, 0.4) is 0 Å². The Balaban J connectivity index is 3.20. The average Bonchev–Trinajstić information content (AvgIpc) is 2.27. The Hall–Kier alpha value is -2.46. The van der Waals surface area contributed by atoms with E-state index in [0.717, 1.165) is 12.3 Å². The van der Waals surface area contributed by atoms with Gasteiger partial charge in [0.1, 0.15) is 5.75 Å². The van der Waals surface area contributed by atoms with Crippen LogP contribution in [0.4, 0.5) is 26.3 Å². The summed E-state index contributed by atoms with van der Waals surface area (Å²) in [6.07, 6.45) is -9.44. The van der Waals surface area contributed by atoms with Crippen molar-refractivity contribution in [2.75, 3.05) is 0 Å². The van der Waals surface area contributed by atoms with Gasteiger partial charge in [-0.25, -0.2) is 0 Å². The lowest BCUT2D eigenvalue weighted by molar-refractivity contribution is -0.276. The molecule has 0 aliphatic rings. The summed E-state index contributed by atoms with van der Waals surface area (Å²) in [5.41, 5.74) is 8.11. The van der Waals surface area contributed by atoms with Gasteiger partial charge >= 0.3 is 12.5 Å². The first kappa shape index (κ1) is 16.6. The summed E-state index contributed by atoms with van der Waals surface area (Å²) in [6.45, 7) is 0. The van der Waals surface area contributed by atoms with E-state index in [1.165, 1.54) is 0 Å². The lowest BCUT2D eigenvalue weighted by atomic mass is 10.1. The van der Waals surface area contributed by atoms with Crippen LogP contribution >= 0.6 is 0 Å². The molecule has 0 aromatic heterocycles. The highest BCUT2D eigenvalue weighted by Crippen LogP contribution is 2.38. The molecule has 0 unspecified atom stereocenters. The Labute approximate surface area is 113 Å². The third kappa shape index (κ3) is 5.58. The number of ether oxygens (including phenoxy) is 1. The molecule has 116 valence electrons. The Morgan fingerprint density at radius 3 is 2.19 bits per heavy atom. The molecule has 0 heterocycles. The van der Waals surface area contributed by atoms with Crippen LogP contribution in [0, 0.1) is 0 Å². The van der Waals surface area contributed by atoms with E-state index in [0.29, 0.717) is 12.1 Å². The van der Waals surface area contributed by atoms with Crippen molar-refractivity contribution >= 4 is 12.2 Å². The van der Waals surface area contributed by atoms with Gasteiger partial charge < -0.3 is 16.2 Å². The van der Waals surface area contributed by atoms with Gasteiger partial charge in [-0.3, -0.25) is 0 Å².